The molecule has 3 rings (SSSR count). The van der Waals surface area contributed by atoms with Crippen LogP contribution in [0.25, 0.3) is 10.9 Å². The minimum Gasteiger partial charge on any atom is -0.507 e. The summed E-state index contributed by atoms with van der Waals surface area (Å²) >= 11 is 6.03. The molecule has 0 aliphatic carbocycles. The number of para-hydroxylation sites is 1. The molecule has 23 heavy (non-hydrogen) atoms. The van der Waals surface area contributed by atoms with E-state index in [2.05, 4.69) is 15.5 Å². The maximum atomic E-state index is 12.1. The molecule has 0 aliphatic rings. The van der Waals surface area contributed by atoms with Crippen LogP contribution in [0.15, 0.2) is 53.8 Å². The summed E-state index contributed by atoms with van der Waals surface area (Å²) in [6.07, 6.45) is 1.81. The molecule has 0 saturated heterocycles. The fraction of sp³-hybridized carbons (Fsp3) is 0.0588. The average molecular weight is 328 g/mol. The van der Waals surface area contributed by atoms with Crippen LogP contribution in [-0.4, -0.2) is 21.7 Å². The van der Waals surface area contributed by atoms with E-state index in [4.69, 9.17) is 11.6 Å². The van der Waals surface area contributed by atoms with Gasteiger partial charge in [0, 0.05) is 27.7 Å². The van der Waals surface area contributed by atoms with Gasteiger partial charge < -0.3 is 10.1 Å². The first-order chi connectivity index (χ1) is 11.1. The van der Waals surface area contributed by atoms with Crippen LogP contribution >= 0.6 is 11.6 Å². The summed E-state index contributed by atoms with van der Waals surface area (Å²) in [5.74, 6) is -0.558. The van der Waals surface area contributed by atoms with Gasteiger partial charge in [0.25, 0.3) is 5.91 Å². The zero-order valence-electron chi connectivity index (χ0n) is 12.3. The van der Waals surface area contributed by atoms with Gasteiger partial charge >= 0.3 is 0 Å². The number of hydrazone groups is 1. The fourth-order valence-electron chi connectivity index (χ4n) is 2.31. The van der Waals surface area contributed by atoms with Crippen molar-refractivity contribution in [2.75, 3.05) is 0 Å². The molecule has 0 unspecified atom stereocenters. The maximum Gasteiger partial charge on any atom is 0.275 e. The number of aromatic nitrogens is 1. The highest BCUT2D eigenvalue weighted by Crippen LogP contribution is 2.23. The van der Waals surface area contributed by atoms with Gasteiger partial charge in [-0.1, -0.05) is 23.7 Å². The molecule has 0 atom stereocenters. The van der Waals surface area contributed by atoms with Crippen molar-refractivity contribution in [1.82, 2.24) is 10.4 Å². The molecule has 1 aromatic heterocycles. The van der Waals surface area contributed by atoms with E-state index in [-0.39, 0.29) is 11.3 Å². The van der Waals surface area contributed by atoms with Crippen LogP contribution in [0.1, 0.15) is 22.8 Å². The number of H-pyrrole nitrogens is 1. The van der Waals surface area contributed by atoms with Crippen molar-refractivity contribution in [3.05, 3.63) is 64.8 Å². The molecule has 6 heteroatoms. The Morgan fingerprint density at radius 2 is 2.00 bits per heavy atom. The Balaban J connectivity index is 1.86. The average Bonchev–Trinajstić information content (AvgIpc) is 2.95. The normalized spacial score (nSPS) is 11.7. The molecule has 116 valence electrons. The second-order valence-electron chi connectivity index (χ2n) is 5.05. The lowest BCUT2D eigenvalue weighted by Gasteiger charge is -2.04. The largest absolute Gasteiger partial charge is 0.507 e. The van der Waals surface area contributed by atoms with E-state index in [0.29, 0.717) is 10.7 Å². The first-order valence-electron chi connectivity index (χ1n) is 6.96. The van der Waals surface area contributed by atoms with Crippen molar-refractivity contribution in [2.24, 2.45) is 5.10 Å². The molecule has 0 bridgehead atoms. The van der Waals surface area contributed by atoms with Crippen LogP contribution in [0.4, 0.5) is 0 Å². The predicted octanol–water partition coefficient (Wildman–Crippen LogP) is 3.68. The van der Waals surface area contributed by atoms with Gasteiger partial charge in [0.05, 0.1) is 11.3 Å². The Labute approximate surface area is 137 Å². The minimum absolute atomic E-state index is 0.0864. The SMILES string of the molecule is CC(=NNC(=O)c1ccccc1O)c1c[nH]c2ccc(Cl)cc12. The third-order valence-corrected chi connectivity index (χ3v) is 3.74. The van der Waals surface area contributed by atoms with E-state index >= 15 is 0 Å². The highest BCUT2D eigenvalue weighted by atomic mass is 35.5. The van der Waals surface area contributed by atoms with Crippen LogP contribution in [-0.2, 0) is 0 Å². The number of phenols is 1. The molecular formula is C17H14ClN3O2. The number of hydrogen-bond acceptors (Lipinski definition) is 3. The highest BCUT2D eigenvalue weighted by Gasteiger charge is 2.11. The number of benzene rings is 2. The van der Waals surface area contributed by atoms with Crippen LogP contribution in [0.2, 0.25) is 5.02 Å². The van der Waals surface area contributed by atoms with Crippen molar-refractivity contribution < 1.29 is 9.90 Å². The topological polar surface area (TPSA) is 77.5 Å². The number of aromatic hydroxyl groups is 1. The smallest absolute Gasteiger partial charge is 0.275 e. The Kier molecular flexibility index (Phi) is 4.04. The molecule has 5 nitrogen and oxygen atoms in total. The number of hydrogen-bond donors (Lipinski definition) is 3. The lowest BCUT2D eigenvalue weighted by Crippen LogP contribution is -2.19. The van der Waals surface area contributed by atoms with Crippen molar-refractivity contribution in [1.29, 1.82) is 0 Å². The molecule has 2 aromatic carbocycles. The molecule has 0 spiro atoms. The number of fused-ring (bicyclic) bond motifs is 1. The van der Waals surface area contributed by atoms with E-state index in [0.717, 1.165) is 16.5 Å². The molecule has 0 aliphatic heterocycles. The van der Waals surface area contributed by atoms with E-state index in [1.165, 1.54) is 12.1 Å². The van der Waals surface area contributed by atoms with E-state index in [9.17, 15) is 9.90 Å². The summed E-state index contributed by atoms with van der Waals surface area (Å²) in [6, 6.07) is 11.8. The zero-order chi connectivity index (χ0) is 16.4. The van der Waals surface area contributed by atoms with E-state index in [1.807, 2.05) is 18.3 Å². The number of amides is 1. The molecule has 1 amide bonds. The van der Waals surface area contributed by atoms with Gasteiger partial charge in [-0.2, -0.15) is 5.10 Å². The number of halogens is 1. The summed E-state index contributed by atoms with van der Waals surface area (Å²) in [5, 5.41) is 15.3. The third-order valence-electron chi connectivity index (χ3n) is 3.51. The lowest BCUT2D eigenvalue weighted by molar-refractivity contribution is 0.0952. The van der Waals surface area contributed by atoms with Gasteiger partial charge in [-0.05, 0) is 37.3 Å². The molecule has 3 aromatic rings. The summed E-state index contributed by atoms with van der Waals surface area (Å²) in [7, 11) is 0. The molecule has 0 saturated carbocycles. The number of carbonyl (C=O) groups is 1. The maximum absolute atomic E-state index is 12.1. The first kappa shape index (κ1) is 15.1. The monoisotopic (exact) mass is 327 g/mol. The Hall–Kier alpha value is -2.79. The second-order valence-corrected chi connectivity index (χ2v) is 5.48. The van der Waals surface area contributed by atoms with Gasteiger partial charge in [-0.25, -0.2) is 5.43 Å². The van der Waals surface area contributed by atoms with Gasteiger partial charge in [-0.15, -0.1) is 0 Å². The van der Waals surface area contributed by atoms with Crippen molar-refractivity contribution in [3.63, 3.8) is 0 Å². The summed E-state index contributed by atoms with van der Waals surface area (Å²) in [4.78, 5) is 15.2. The van der Waals surface area contributed by atoms with Crippen LogP contribution in [0, 0.1) is 0 Å². The summed E-state index contributed by atoms with van der Waals surface area (Å²) in [6.45, 7) is 1.79. The highest BCUT2D eigenvalue weighted by molar-refractivity contribution is 6.31. The molecular weight excluding hydrogens is 314 g/mol. The van der Waals surface area contributed by atoms with Gasteiger partial charge in [-0.3, -0.25) is 4.79 Å². The number of aromatic amines is 1. The minimum atomic E-state index is -0.472. The number of rotatable bonds is 3. The van der Waals surface area contributed by atoms with Crippen LogP contribution < -0.4 is 5.43 Å². The fourth-order valence-corrected chi connectivity index (χ4v) is 2.49. The van der Waals surface area contributed by atoms with Crippen molar-refractivity contribution in [2.45, 2.75) is 6.92 Å². The van der Waals surface area contributed by atoms with Crippen LogP contribution in [0.3, 0.4) is 0 Å². The van der Waals surface area contributed by atoms with E-state index in [1.54, 1.807) is 25.1 Å². The lowest BCUT2D eigenvalue weighted by atomic mass is 10.1. The zero-order valence-corrected chi connectivity index (χ0v) is 13.1. The quantitative estimate of drug-likeness (QED) is 0.507. The number of nitrogens with zero attached hydrogens (tertiary/aromatic N) is 1. The molecule has 0 fully saturated rings. The summed E-state index contributed by atoms with van der Waals surface area (Å²) < 4.78 is 0. The first-order valence-corrected chi connectivity index (χ1v) is 7.33. The number of nitrogens with one attached hydrogen (secondary N) is 2. The Morgan fingerprint density at radius 1 is 1.22 bits per heavy atom. The number of carbonyl (C=O) groups excluding carboxylic acids is 1. The standard InChI is InChI=1S/C17H14ClN3O2/c1-10(14-9-19-15-7-6-11(18)8-13(14)15)20-21-17(23)12-4-2-3-5-16(12)22/h2-9,19,22H,1H3,(H,21,23). The molecule has 1 heterocycles. The second kappa shape index (κ2) is 6.14. The molecule has 0 radical (unpaired) electrons. The van der Waals surface area contributed by atoms with Gasteiger partial charge in [0.1, 0.15) is 5.75 Å². The summed E-state index contributed by atoms with van der Waals surface area (Å²) in [5.41, 5.74) is 5.03. The van der Waals surface area contributed by atoms with Crippen LogP contribution in [0.5, 0.6) is 5.75 Å². The third kappa shape index (κ3) is 3.05. The Morgan fingerprint density at radius 3 is 2.78 bits per heavy atom. The predicted molar refractivity (Wildman–Crippen MR) is 91.1 cm³/mol. The van der Waals surface area contributed by atoms with Gasteiger partial charge in [0.2, 0.25) is 0 Å². The molecule has 3 N–H and O–H groups in total. The van der Waals surface area contributed by atoms with E-state index < -0.39 is 5.91 Å². The number of phenolic OH excluding ortho intramolecular Hbond substituents is 1. The van der Waals surface area contributed by atoms with Crippen molar-refractivity contribution in [3.8, 4) is 5.75 Å². The van der Waals surface area contributed by atoms with Gasteiger partial charge in [0.15, 0.2) is 0 Å². The Bertz CT molecular complexity index is 915. The van der Waals surface area contributed by atoms with Crippen molar-refractivity contribution >= 4 is 34.1 Å².